The summed E-state index contributed by atoms with van der Waals surface area (Å²) < 4.78 is 5.13. The summed E-state index contributed by atoms with van der Waals surface area (Å²) in [6.45, 7) is 4.12. The molecule has 2 aromatic rings. The van der Waals surface area contributed by atoms with E-state index >= 15 is 0 Å². The van der Waals surface area contributed by atoms with Gasteiger partial charge in [0.15, 0.2) is 11.5 Å². The van der Waals surface area contributed by atoms with E-state index in [0.29, 0.717) is 22.8 Å². The number of hydrogen-bond acceptors (Lipinski definition) is 4. The molecule has 0 saturated carbocycles. The number of methoxy groups -OCH3 is 1. The van der Waals surface area contributed by atoms with Gasteiger partial charge in [-0.3, -0.25) is 5.10 Å². The fraction of sp³-hybridized carbons (Fsp3) is 0.308. The zero-order valence-corrected chi connectivity index (χ0v) is 10.7. The molecular formula is C13H17N3O2. The molecule has 0 unspecified atom stereocenters. The number of phenolic OH excluding ortho intramolecular Hbond substituents is 1. The summed E-state index contributed by atoms with van der Waals surface area (Å²) in [4.78, 5) is 0. The first-order valence-corrected chi connectivity index (χ1v) is 5.75. The van der Waals surface area contributed by atoms with Crippen LogP contribution < -0.4 is 10.5 Å². The van der Waals surface area contributed by atoms with Crippen molar-refractivity contribution in [3.8, 4) is 22.8 Å². The van der Waals surface area contributed by atoms with E-state index in [9.17, 15) is 5.11 Å². The van der Waals surface area contributed by atoms with Gasteiger partial charge in [-0.1, -0.05) is 19.9 Å². The van der Waals surface area contributed by atoms with E-state index < -0.39 is 0 Å². The van der Waals surface area contributed by atoms with E-state index in [1.165, 1.54) is 7.11 Å². The molecule has 5 heteroatoms. The number of nitrogens with two attached hydrogens (primary N) is 1. The molecule has 96 valence electrons. The van der Waals surface area contributed by atoms with Crippen molar-refractivity contribution in [3.63, 3.8) is 0 Å². The van der Waals surface area contributed by atoms with E-state index in [4.69, 9.17) is 10.5 Å². The molecule has 18 heavy (non-hydrogen) atoms. The maximum Gasteiger partial charge on any atom is 0.167 e. The van der Waals surface area contributed by atoms with Crippen LogP contribution >= 0.6 is 0 Å². The first-order valence-electron chi connectivity index (χ1n) is 5.75. The molecule has 4 N–H and O–H groups in total. The molecule has 0 aliphatic heterocycles. The number of rotatable bonds is 3. The van der Waals surface area contributed by atoms with Gasteiger partial charge in [-0.15, -0.1) is 0 Å². The number of hydrogen-bond donors (Lipinski definition) is 3. The highest BCUT2D eigenvalue weighted by atomic mass is 16.5. The zero-order valence-electron chi connectivity index (χ0n) is 10.7. The highest BCUT2D eigenvalue weighted by molar-refractivity contribution is 5.76. The highest BCUT2D eigenvalue weighted by Gasteiger charge is 2.18. The summed E-state index contributed by atoms with van der Waals surface area (Å²) in [6, 6.07) is 5.39. The third kappa shape index (κ3) is 1.99. The standard InChI is InChI=1S/C13H17N3O2/c1-7(2)8-4-5-10(18-3)13(17)12(8)9-6-11(14)16-15-9/h4-7,17H,1-3H3,(H3,14,15,16). The van der Waals surface area contributed by atoms with Gasteiger partial charge >= 0.3 is 0 Å². The van der Waals surface area contributed by atoms with Crippen molar-refractivity contribution in [2.45, 2.75) is 19.8 Å². The van der Waals surface area contributed by atoms with Crippen molar-refractivity contribution in [1.29, 1.82) is 0 Å². The van der Waals surface area contributed by atoms with Gasteiger partial charge in [-0.05, 0) is 17.5 Å². The molecule has 2 rings (SSSR count). The summed E-state index contributed by atoms with van der Waals surface area (Å²) >= 11 is 0. The fourth-order valence-corrected chi connectivity index (χ4v) is 1.98. The summed E-state index contributed by atoms with van der Waals surface area (Å²) in [6.07, 6.45) is 0. The van der Waals surface area contributed by atoms with Crippen LogP contribution in [0.25, 0.3) is 11.3 Å². The molecular weight excluding hydrogens is 230 g/mol. The number of nitrogens with one attached hydrogen (secondary N) is 1. The predicted molar refractivity (Wildman–Crippen MR) is 70.7 cm³/mol. The van der Waals surface area contributed by atoms with Crippen molar-refractivity contribution >= 4 is 5.82 Å². The topological polar surface area (TPSA) is 84.2 Å². The average molecular weight is 247 g/mol. The van der Waals surface area contributed by atoms with Crippen LogP contribution in [0, 0.1) is 0 Å². The Hall–Kier alpha value is -2.17. The third-order valence-corrected chi connectivity index (χ3v) is 2.88. The maximum atomic E-state index is 10.3. The first-order chi connectivity index (χ1) is 8.54. The number of nitrogens with zero attached hydrogens (tertiary/aromatic N) is 1. The number of H-pyrrole nitrogens is 1. The number of benzene rings is 1. The second-order valence-corrected chi connectivity index (χ2v) is 4.44. The van der Waals surface area contributed by atoms with Gasteiger partial charge in [-0.2, -0.15) is 5.10 Å². The lowest BCUT2D eigenvalue weighted by atomic mass is 9.94. The summed E-state index contributed by atoms with van der Waals surface area (Å²) in [5.41, 5.74) is 7.99. The van der Waals surface area contributed by atoms with Gasteiger partial charge in [-0.25, -0.2) is 0 Å². The molecule has 0 aliphatic rings. The highest BCUT2D eigenvalue weighted by Crippen LogP contribution is 2.41. The zero-order chi connectivity index (χ0) is 13.3. The van der Waals surface area contributed by atoms with Gasteiger partial charge in [0.05, 0.1) is 12.8 Å². The van der Waals surface area contributed by atoms with Crippen LogP contribution in [0.1, 0.15) is 25.3 Å². The first kappa shape index (κ1) is 12.3. The minimum absolute atomic E-state index is 0.104. The SMILES string of the molecule is COc1ccc(C(C)C)c(-c2cc(N)n[nH]2)c1O. The molecule has 0 amide bonds. The molecule has 1 aromatic carbocycles. The van der Waals surface area contributed by atoms with Crippen LogP contribution in [0.2, 0.25) is 0 Å². The smallest absolute Gasteiger partial charge is 0.167 e. The normalized spacial score (nSPS) is 10.9. The van der Waals surface area contributed by atoms with Crippen LogP contribution in [0.4, 0.5) is 5.82 Å². The number of phenols is 1. The average Bonchev–Trinajstić information content (AvgIpc) is 2.74. The van der Waals surface area contributed by atoms with Crippen LogP contribution in [-0.2, 0) is 0 Å². The minimum Gasteiger partial charge on any atom is -0.504 e. The quantitative estimate of drug-likeness (QED) is 0.778. The Kier molecular flexibility index (Phi) is 3.14. The molecule has 1 aromatic heterocycles. The van der Waals surface area contributed by atoms with Crippen LogP contribution in [0.3, 0.4) is 0 Å². The minimum atomic E-state index is 0.104. The van der Waals surface area contributed by atoms with Crippen LogP contribution in [-0.4, -0.2) is 22.4 Å². The molecule has 5 nitrogen and oxygen atoms in total. The second kappa shape index (κ2) is 4.60. The summed E-state index contributed by atoms with van der Waals surface area (Å²) in [5, 5.41) is 17.0. The van der Waals surface area contributed by atoms with E-state index in [1.807, 2.05) is 6.07 Å². The fourth-order valence-electron chi connectivity index (χ4n) is 1.98. The number of aromatic amines is 1. The Morgan fingerprint density at radius 2 is 2.11 bits per heavy atom. The van der Waals surface area contributed by atoms with Gasteiger partial charge < -0.3 is 15.6 Å². The van der Waals surface area contributed by atoms with Crippen molar-refractivity contribution < 1.29 is 9.84 Å². The largest absolute Gasteiger partial charge is 0.504 e. The monoisotopic (exact) mass is 247 g/mol. The third-order valence-electron chi connectivity index (χ3n) is 2.88. The van der Waals surface area contributed by atoms with Crippen LogP contribution in [0.15, 0.2) is 18.2 Å². The van der Waals surface area contributed by atoms with Gasteiger partial charge in [0.1, 0.15) is 5.82 Å². The number of aromatic nitrogens is 2. The van der Waals surface area contributed by atoms with Crippen molar-refractivity contribution in [2.75, 3.05) is 12.8 Å². The summed E-state index contributed by atoms with van der Waals surface area (Å²) in [5.74, 6) is 1.19. The Bertz CT molecular complexity index is 561. The Morgan fingerprint density at radius 1 is 1.39 bits per heavy atom. The maximum absolute atomic E-state index is 10.3. The predicted octanol–water partition coefficient (Wildman–Crippen LogP) is 2.50. The number of ether oxygens (including phenoxy) is 1. The molecule has 0 atom stereocenters. The lowest BCUT2D eigenvalue weighted by Crippen LogP contribution is -1.95. The van der Waals surface area contributed by atoms with Crippen molar-refractivity contribution in [1.82, 2.24) is 10.2 Å². The van der Waals surface area contributed by atoms with Gasteiger partial charge in [0.2, 0.25) is 0 Å². The number of aromatic hydroxyl groups is 1. The molecule has 0 fully saturated rings. The summed E-state index contributed by atoms with van der Waals surface area (Å²) in [7, 11) is 1.52. The lowest BCUT2D eigenvalue weighted by Gasteiger charge is -2.15. The molecule has 0 saturated heterocycles. The molecule has 1 heterocycles. The Balaban J connectivity index is 2.68. The Morgan fingerprint density at radius 3 is 2.61 bits per heavy atom. The van der Waals surface area contributed by atoms with Gasteiger partial charge in [0.25, 0.3) is 0 Å². The van der Waals surface area contributed by atoms with Crippen molar-refractivity contribution in [3.05, 3.63) is 23.8 Å². The van der Waals surface area contributed by atoms with E-state index in [1.54, 1.807) is 12.1 Å². The second-order valence-electron chi connectivity index (χ2n) is 4.44. The molecule has 0 spiro atoms. The van der Waals surface area contributed by atoms with E-state index in [0.717, 1.165) is 5.56 Å². The van der Waals surface area contributed by atoms with Crippen molar-refractivity contribution in [2.24, 2.45) is 0 Å². The van der Waals surface area contributed by atoms with E-state index in [2.05, 4.69) is 24.0 Å². The molecule has 0 aliphatic carbocycles. The van der Waals surface area contributed by atoms with E-state index in [-0.39, 0.29) is 11.7 Å². The number of nitrogen functional groups attached to an aromatic ring is 1. The molecule has 0 radical (unpaired) electrons. The molecule has 0 bridgehead atoms. The number of anilines is 1. The van der Waals surface area contributed by atoms with Crippen LogP contribution in [0.5, 0.6) is 11.5 Å². The Labute approximate surface area is 106 Å². The lowest BCUT2D eigenvalue weighted by molar-refractivity contribution is 0.374. The van der Waals surface area contributed by atoms with Gasteiger partial charge in [0, 0.05) is 11.6 Å².